The van der Waals surface area contributed by atoms with Crippen molar-refractivity contribution in [2.45, 2.75) is 26.2 Å². The van der Waals surface area contributed by atoms with E-state index < -0.39 is 5.97 Å². The Kier molecular flexibility index (Phi) is 3.59. The number of carboxylic acids is 1. The van der Waals surface area contributed by atoms with E-state index in [-0.39, 0.29) is 11.4 Å². The van der Waals surface area contributed by atoms with E-state index in [0.717, 1.165) is 12.8 Å². The highest BCUT2D eigenvalue weighted by Gasteiger charge is 2.25. The molecule has 0 bridgehead atoms. The first-order valence-electron chi connectivity index (χ1n) is 4.69. The molecule has 0 atom stereocenters. The van der Waals surface area contributed by atoms with Gasteiger partial charge in [-0.1, -0.05) is 13.3 Å². The average Bonchev–Trinajstić information content (AvgIpc) is 2.16. The van der Waals surface area contributed by atoms with Gasteiger partial charge in [0.15, 0.2) is 5.57 Å². The molecule has 0 saturated heterocycles. The lowest BCUT2D eigenvalue weighted by Crippen LogP contribution is -2.73. The number of carbonyl (C=O) groups excluding carboxylic acids is 1. The summed E-state index contributed by atoms with van der Waals surface area (Å²) in [6.07, 6.45) is 5.62. The number of quaternary nitrogens is 1. The van der Waals surface area contributed by atoms with Crippen molar-refractivity contribution in [1.82, 2.24) is 0 Å². The molecule has 0 aromatic heterocycles. The van der Waals surface area contributed by atoms with Crippen LogP contribution in [0.25, 0.3) is 0 Å². The summed E-state index contributed by atoms with van der Waals surface area (Å²) in [6, 6.07) is 0. The number of ketones is 1. The van der Waals surface area contributed by atoms with Gasteiger partial charge in [-0.25, -0.2) is 4.79 Å². The van der Waals surface area contributed by atoms with Gasteiger partial charge >= 0.3 is 5.97 Å². The summed E-state index contributed by atoms with van der Waals surface area (Å²) in [7, 11) is 0. The van der Waals surface area contributed by atoms with Gasteiger partial charge in [0.05, 0.1) is 5.57 Å². The highest BCUT2D eigenvalue weighted by atomic mass is 16.4. The van der Waals surface area contributed by atoms with Crippen LogP contribution in [0.1, 0.15) is 26.2 Å². The van der Waals surface area contributed by atoms with E-state index in [0.29, 0.717) is 12.0 Å². The van der Waals surface area contributed by atoms with E-state index in [1.807, 2.05) is 6.92 Å². The molecule has 0 amide bonds. The monoisotopic (exact) mass is 196 g/mol. The molecule has 0 spiro atoms. The van der Waals surface area contributed by atoms with Crippen LogP contribution >= 0.6 is 0 Å². The Balaban J connectivity index is 2.69. The van der Waals surface area contributed by atoms with E-state index in [9.17, 15) is 9.59 Å². The summed E-state index contributed by atoms with van der Waals surface area (Å²) in [5.74, 6) is -1.48. The van der Waals surface area contributed by atoms with Crippen molar-refractivity contribution in [3.63, 3.8) is 0 Å². The molecule has 3 N–H and O–H groups in total. The van der Waals surface area contributed by atoms with Gasteiger partial charge in [-0.05, 0) is 12.8 Å². The normalized spacial score (nSPS) is 16.2. The SMILES string of the molecule is CCCCC1=C[NH2+]C=C(C(=O)O)C1=O. The molecule has 1 aliphatic heterocycles. The molecule has 0 saturated carbocycles. The molecule has 1 heterocycles. The molecule has 4 nitrogen and oxygen atoms in total. The van der Waals surface area contributed by atoms with Gasteiger partial charge < -0.3 is 5.11 Å². The van der Waals surface area contributed by atoms with Crippen LogP contribution in [0.4, 0.5) is 0 Å². The number of allylic oxidation sites excluding steroid dienone is 1. The van der Waals surface area contributed by atoms with Crippen LogP contribution < -0.4 is 5.32 Å². The van der Waals surface area contributed by atoms with Crippen LogP contribution in [-0.4, -0.2) is 16.9 Å². The Morgan fingerprint density at radius 1 is 1.50 bits per heavy atom. The third-order valence-electron chi connectivity index (χ3n) is 2.13. The third-order valence-corrected chi connectivity index (χ3v) is 2.13. The lowest BCUT2D eigenvalue weighted by Gasteiger charge is -2.07. The highest BCUT2D eigenvalue weighted by Crippen LogP contribution is 2.13. The number of Topliss-reactive ketones (excluding diaryl/α,β-unsaturated/α-hetero) is 1. The third kappa shape index (κ3) is 2.29. The number of rotatable bonds is 4. The molecular weight excluding hydrogens is 182 g/mol. The van der Waals surface area contributed by atoms with Crippen LogP contribution in [0.3, 0.4) is 0 Å². The van der Waals surface area contributed by atoms with Crippen molar-refractivity contribution in [1.29, 1.82) is 0 Å². The second-order valence-electron chi connectivity index (χ2n) is 3.20. The zero-order valence-corrected chi connectivity index (χ0v) is 8.12. The largest absolute Gasteiger partial charge is 0.477 e. The minimum atomic E-state index is -1.15. The second-order valence-corrected chi connectivity index (χ2v) is 3.20. The lowest BCUT2D eigenvalue weighted by molar-refractivity contribution is -0.516. The number of aliphatic carboxylic acids is 1. The fraction of sp³-hybridized carbons (Fsp3) is 0.400. The summed E-state index contributed by atoms with van der Waals surface area (Å²) in [5.41, 5.74) is 0.477. The van der Waals surface area contributed by atoms with Crippen molar-refractivity contribution in [3.05, 3.63) is 23.5 Å². The topological polar surface area (TPSA) is 71.0 Å². The smallest absolute Gasteiger partial charge is 0.345 e. The first-order valence-corrected chi connectivity index (χ1v) is 4.69. The zero-order valence-electron chi connectivity index (χ0n) is 8.12. The summed E-state index contributed by atoms with van der Waals surface area (Å²) in [5, 5.41) is 10.3. The van der Waals surface area contributed by atoms with Crippen LogP contribution in [0.5, 0.6) is 0 Å². The number of hydrogen-bond acceptors (Lipinski definition) is 2. The van der Waals surface area contributed by atoms with Gasteiger partial charge in [-0.15, -0.1) is 0 Å². The lowest BCUT2D eigenvalue weighted by atomic mass is 9.98. The number of unbranched alkanes of at least 4 members (excludes halogenated alkanes) is 1. The second kappa shape index (κ2) is 4.72. The van der Waals surface area contributed by atoms with Crippen molar-refractivity contribution >= 4 is 11.8 Å². The number of carboxylic acid groups (broad SMARTS) is 1. The molecule has 0 aliphatic carbocycles. The number of hydrogen-bond donors (Lipinski definition) is 2. The minimum Gasteiger partial charge on any atom is -0.477 e. The van der Waals surface area contributed by atoms with Crippen LogP contribution in [0, 0.1) is 0 Å². The quantitative estimate of drug-likeness (QED) is 0.630. The molecule has 0 radical (unpaired) electrons. The molecule has 76 valence electrons. The van der Waals surface area contributed by atoms with Crippen LogP contribution in [-0.2, 0) is 9.59 Å². The summed E-state index contributed by atoms with van der Waals surface area (Å²) in [4.78, 5) is 22.2. The van der Waals surface area contributed by atoms with Crippen molar-refractivity contribution in [2.75, 3.05) is 0 Å². The van der Waals surface area contributed by atoms with Crippen LogP contribution in [0.2, 0.25) is 0 Å². The Morgan fingerprint density at radius 3 is 2.79 bits per heavy atom. The fourth-order valence-corrected chi connectivity index (χ4v) is 1.32. The van der Waals surface area contributed by atoms with E-state index in [1.165, 1.54) is 6.20 Å². The first-order chi connectivity index (χ1) is 6.66. The molecular formula is C10H14NO3+. The number of carbonyl (C=O) groups is 2. The molecule has 14 heavy (non-hydrogen) atoms. The summed E-state index contributed by atoms with van der Waals surface area (Å²) < 4.78 is 0. The standard InChI is InChI=1S/C10H13NO3/c1-2-3-4-7-5-11-6-8(9(7)12)10(13)14/h5-6H,2-4H2,1H3,(H,11,12)(H,13,14)/p+1. The van der Waals surface area contributed by atoms with Gasteiger partial charge in [0, 0.05) is 0 Å². The maximum atomic E-state index is 11.5. The Hall–Kier alpha value is -1.42. The number of nitrogens with two attached hydrogens (primary N) is 1. The predicted octanol–water partition coefficient (Wildman–Crippen LogP) is 0.175. The van der Waals surface area contributed by atoms with Gasteiger partial charge in [0.2, 0.25) is 5.78 Å². The molecule has 0 aromatic rings. The maximum absolute atomic E-state index is 11.5. The molecule has 4 heteroatoms. The maximum Gasteiger partial charge on any atom is 0.345 e. The molecule has 0 aromatic carbocycles. The Bertz CT molecular complexity index is 315. The van der Waals surface area contributed by atoms with Crippen LogP contribution in [0.15, 0.2) is 23.5 Å². The molecule has 1 rings (SSSR count). The molecule has 1 aliphatic rings. The summed E-state index contributed by atoms with van der Waals surface area (Å²) >= 11 is 0. The minimum absolute atomic E-state index is 0.126. The van der Waals surface area contributed by atoms with Crippen molar-refractivity contribution in [3.8, 4) is 0 Å². The van der Waals surface area contributed by atoms with Gasteiger partial charge in [-0.2, -0.15) is 0 Å². The first kappa shape index (κ1) is 10.7. The van der Waals surface area contributed by atoms with Crippen molar-refractivity contribution in [2.24, 2.45) is 0 Å². The van der Waals surface area contributed by atoms with E-state index >= 15 is 0 Å². The van der Waals surface area contributed by atoms with E-state index in [2.05, 4.69) is 0 Å². The Morgan fingerprint density at radius 2 is 2.21 bits per heavy atom. The molecule has 0 fully saturated rings. The predicted molar refractivity (Wildman–Crippen MR) is 50.3 cm³/mol. The molecule has 0 unspecified atom stereocenters. The van der Waals surface area contributed by atoms with Gasteiger partial charge in [0.1, 0.15) is 12.4 Å². The highest BCUT2D eigenvalue weighted by molar-refractivity contribution is 6.23. The fourth-order valence-electron chi connectivity index (χ4n) is 1.32. The zero-order chi connectivity index (χ0) is 10.6. The average molecular weight is 196 g/mol. The Labute approximate surface area is 82.3 Å². The summed E-state index contributed by atoms with van der Waals surface area (Å²) in [6.45, 7) is 2.03. The van der Waals surface area contributed by atoms with E-state index in [1.54, 1.807) is 11.5 Å². The van der Waals surface area contributed by atoms with Gasteiger partial charge in [0.25, 0.3) is 0 Å². The van der Waals surface area contributed by atoms with E-state index in [4.69, 9.17) is 5.11 Å². The van der Waals surface area contributed by atoms with Gasteiger partial charge in [-0.3, -0.25) is 10.1 Å². The van der Waals surface area contributed by atoms with Crippen molar-refractivity contribution < 1.29 is 20.0 Å².